The van der Waals surface area contributed by atoms with Gasteiger partial charge in [0.1, 0.15) is 24.1 Å². The summed E-state index contributed by atoms with van der Waals surface area (Å²) in [6.07, 6.45) is 4.83. The number of carbonyl (C=O) groups is 1. The van der Waals surface area contributed by atoms with Crippen molar-refractivity contribution in [2.45, 2.75) is 13.0 Å². The van der Waals surface area contributed by atoms with E-state index in [2.05, 4.69) is 29.9 Å². The topological polar surface area (TPSA) is 155 Å². The minimum Gasteiger partial charge on any atom is -0.491 e. The summed E-state index contributed by atoms with van der Waals surface area (Å²) in [5, 5.41) is 4.54. The second-order valence-electron chi connectivity index (χ2n) is 10.9. The number of aryl methyl sites for hydroxylation is 1. The predicted octanol–water partition coefficient (Wildman–Crippen LogP) is 2.79. The molecule has 1 fully saturated rings. The summed E-state index contributed by atoms with van der Waals surface area (Å²) in [6.45, 7) is 5.38. The van der Waals surface area contributed by atoms with E-state index in [0.29, 0.717) is 73.4 Å². The first-order valence-corrected chi connectivity index (χ1v) is 15.0. The van der Waals surface area contributed by atoms with Gasteiger partial charge < -0.3 is 25.0 Å². The summed E-state index contributed by atoms with van der Waals surface area (Å²) >= 11 is 0. The van der Waals surface area contributed by atoms with Crippen molar-refractivity contribution in [1.82, 2.24) is 44.0 Å². The Hall–Kier alpha value is -5.63. The lowest BCUT2D eigenvalue weighted by Gasteiger charge is -2.38. The van der Waals surface area contributed by atoms with E-state index in [0.717, 1.165) is 17.0 Å². The van der Waals surface area contributed by atoms with Crippen LogP contribution in [0.25, 0.3) is 28.3 Å². The number of piperazine rings is 1. The Kier molecular flexibility index (Phi) is 7.84. The highest BCUT2D eigenvalue weighted by atomic mass is 16.5. The Morgan fingerprint density at radius 2 is 1.67 bits per heavy atom. The molecule has 0 spiro atoms. The van der Waals surface area contributed by atoms with Gasteiger partial charge in [-0.1, -0.05) is 30.3 Å². The van der Waals surface area contributed by atoms with Crippen LogP contribution in [0, 0.1) is 6.92 Å². The summed E-state index contributed by atoms with van der Waals surface area (Å²) < 4.78 is 14.0. The monoisotopic (exact) mass is 619 g/mol. The van der Waals surface area contributed by atoms with Crippen molar-refractivity contribution < 1.29 is 14.3 Å². The van der Waals surface area contributed by atoms with Gasteiger partial charge in [0.2, 0.25) is 11.8 Å². The van der Waals surface area contributed by atoms with Crippen molar-refractivity contribution >= 4 is 34.4 Å². The molecule has 5 heterocycles. The van der Waals surface area contributed by atoms with Crippen LogP contribution in [-0.2, 0) is 9.53 Å². The van der Waals surface area contributed by atoms with Gasteiger partial charge in [-0.15, -0.1) is 5.10 Å². The number of hydrogen-bond donors (Lipinski definition) is 1. The van der Waals surface area contributed by atoms with Crippen LogP contribution in [0.5, 0.6) is 5.75 Å². The third-order valence-corrected chi connectivity index (χ3v) is 8.09. The Balaban J connectivity index is 1.17. The summed E-state index contributed by atoms with van der Waals surface area (Å²) in [6, 6.07) is 16.9. The van der Waals surface area contributed by atoms with E-state index < -0.39 is 6.04 Å². The minimum atomic E-state index is -0.708. The molecule has 7 rings (SSSR count). The van der Waals surface area contributed by atoms with E-state index in [4.69, 9.17) is 20.2 Å². The maximum absolute atomic E-state index is 14.4. The second-order valence-corrected chi connectivity index (χ2v) is 10.9. The molecule has 0 bridgehead atoms. The maximum Gasteiger partial charge on any atom is 0.250 e. The van der Waals surface area contributed by atoms with Crippen LogP contribution in [0.15, 0.2) is 73.3 Å². The number of nitrogens with two attached hydrogens (primary N) is 1. The van der Waals surface area contributed by atoms with Crippen LogP contribution in [0.1, 0.15) is 17.3 Å². The van der Waals surface area contributed by atoms with Crippen LogP contribution in [0.2, 0.25) is 0 Å². The van der Waals surface area contributed by atoms with Crippen molar-refractivity contribution in [3.63, 3.8) is 0 Å². The fraction of sp³-hybridized carbons (Fsp3) is 0.281. The highest BCUT2D eigenvalue weighted by Crippen LogP contribution is 2.29. The van der Waals surface area contributed by atoms with Crippen molar-refractivity contribution in [1.29, 1.82) is 0 Å². The number of benzene rings is 2. The van der Waals surface area contributed by atoms with Crippen LogP contribution in [-0.4, -0.2) is 96.4 Å². The molecular formula is C32H33N11O3. The number of anilines is 2. The lowest BCUT2D eigenvalue weighted by Crippen LogP contribution is -2.50. The molecule has 1 aliphatic heterocycles. The largest absolute Gasteiger partial charge is 0.491 e. The predicted molar refractivity (Wildman–Crippen MR) is 171 cm³/mol. The fourth-order valence-corrected chi connectivity index (χ4v) is 5.73. The van der Waals surface area contributed by atoms with Gasteiger partial charge in [0, 0.05) is 51.4 Å². The Bertz CT molecular complexity index is 1980. The summed E-state index contributed by atoms with van der Waals surface area (Å²) in [5.74, 6) is 1.23. The highest BCUT2D eigenvalue weighted by molar-refractivity contribution is 5.91. The fourth-order valence-electron chi connectivity index (χ4n) is 5.73. The molecule has 4 aromatic heterocycles. The van der Waals surface area contributed by atoms with E-state index in [1.165, 1.54) is 4.52 Å². The zero-order chi connectivity index (χ0) is 31.6. The SMILES string of the molecule is COCCOc1ccc(N2CCN(C(=O)C(c3ccccc3)n3cnc4c3nc(N)n3nc(-c5nccnc5C)nc43)CC2)cc1. The van der Waals surface area contributed by atoms with Crippen LogP contribution < -0.4 is 15.4 Å². The van der Waals surface area contributed by atoms with E-state index in [1.54, 1.807) is 30.4 Å². The van der Waals surface area contributed by atoms with Gasteiger partial charge in [-0.05, 0) is 36.8 Å². The van der Waals surface area contributed by atoms with Crippen molar-refractivity contribution in [2.75, 3.05) is 57.1 Å². The summed E-state index contributed by atoms with van der Waals surface area (Å²) in [5.41, 5.74) is 10.9. The zero-order valence-electron chi connectivity index (χ0n) is 25.5. The van der Waals surface area contributed by atoms with Crippen molar-refractivity contribution in [3.05, 3.63) is 84.6 Å². The molecule has 1 unspecified atom stereocenters. The number of methoxy groups -OCH3 is 1. The van der Waals surface area contributed by atoms with Gasteiger partial charge in [-0.3, -0.25) is 14.3 Å². The Morgan fingerprint density at radius 1 is 0.913 bits per heavy atom. The molecule has 0 radical (unpaired) electrons. The van der Waals surface area contributed by atoms with Crippen LogP contribution >= 0.6 is 0 Å². The third kappa shape index (κ3) is 5.43. The van der Waals surface area contributed by atoms with E-state index in [1.807, 2.05) is 66.4 Å². The lowest BCUT2D eigenvalue weighted by atomic mass is 10.0. The molecule has 1 amide bonds. The lowest BCUT2D eigenvalue weighted by molar-refractivity contribution is -0.133. The van der Waals surface area contributed by atoms with Crippen molar-refractivity contribution in [2.24, 2.45) is 0 Å². The minimum absolute atomic E-state index is 0.0513. The molecule has 1 saturated heterocycles. The standard InChI is InChI=1S/C32H33N11O3/c1-21-25(35-13-12-34-21)28-37-30-26-29(38-32(33)43(30)39-28)42(20-36-26)27(22-6-4-3-5-7-22)31(44)41-16-14-40(15-17-41)23-8-10-24(11-9-23)46-19-18-45-2/h3-13,20,27H,14-19H2,1-2H3,(H2,33,38). The molecule has 0 aliphatic carbocycles. The maximum atomic E-state index is 14.4. The molecule has 14 nitrogen and oxygen atoms in total. The normalized spacial score (nSPS) is 14.2. The van der Waals surface area contributed by atoms with Crippen molar-refractivity contribution in [3.8, 4) is 17.3 Å². The molecule has 2 N–H and O–H groups in total. The number of amides is 1. The first-order valence-electron chi connectivity index (χ1n) is 15.0. The Labute approximate surface area is 264 Å². The molecule has 234 valence electrons. The molecule has 6 aromatic rings. The molecule has 1 aliphatic rings. The smallest absolute Gasteiger partial charge is 0.250 e. The molecule has 46 heavy (non-hydrogen) atoms. The quantitative estimate of drug-likeness (QED) is 0.238. The highest BCUT2D eigenvalue weighted by Gasteiger charge is 2.32. The third-order valence-electron chi connectivity index (χ3n) is 8.09. The number of rotatable bonds is 9. The first-order chi connectivity index (χ1) is 22.5. The second kappa shape index (κ2) is 12.4. The number of imidazole rings is 1. The number of carbonyl (C=O) groups excluding carboxylic acids is 1. The number of fused-ring (bicyclic) bond motifs is 3. The van der Waals surface area contributed by atoms with E-state index in [-0.39, 0.29) is 11.9 Å². The van der Waals surface area contributed by atoms with Gasteiger partial charge in [-0.2, -0.15) is 9.50 Å². The van der Waals surface area contributed by atoms with Gasteiger partial charge in [-0.25, -0.2) is 15.0 Å². The zero-order valence-corrected chi connectivity index (χ0v) is 25.5. The molecular weight excluding hydrogens is 586 g/mol. The number of hydrogen-bond acceptors (Lipinski definition) is 11. The van der Waals surface area contributed by atoms with Crippen LogP contribution in [0.3, 0.4) is 0 Å². The molecule has 14 heteroatoms. The molecule has 2 aromatic carbocycles. The first kappa shape index (κ1) is 29.1. The number of aromatic nitrogens is 8. The average molecular weight is 620 g/mol. The van der Waals surface area contributed by atoms with Gasteiger partial charge in [0.05, 0.1) is 18.6 Å². The number of ether oxygens (including phenoxy) is 2. The van der Waals surface area contributed by atoms with Crippen LogP contribution in [0.4, 0.5) is 11.6 Å². The van der Waals surface area contributed by atoms with E-state index in [9.17, 15) is 4.79 Å². The molecule has 1 atom stereocenters. The Morgan fingerprint density at radius 3 is 2.41 bits per heavy atom. The van der Waals surface area contributed by atoms with Gasteiger partial charge in [0.15, 0.2) is 16.8 Å². The van der Waals surface area contributed by atoms with E-state index >= 15 is 0 Å². The number of nitrogen functional groups attached to an aromatic ring is 1. The summed E-state index contributed by atoms with van der Waals surface area (Å²) in [4.78, 5) is 41.2. The summed E-state index contributed by atoms with van der Waals surface area (Å²) in [7, 11) is 1.65. The average Bonchev–Trinajstić information content (AvgIpc) is 3.72. The number of nitrogens with zero attached hydrogens (tertiary/aromatic N) is 10. The van der Waals surface area contributed by atoms with Gasteiger partial charge in [0.25, 0.3) is 5.91 Å². The van der Waals surface area contributed by atoms with Gasteiger partial charge >= 0.3 is 0 Å². The molecule has 0 saturated carbocycles.